The lowest BCUT2D eigenvalue weighted by Gasteiger charge is -2.43. The minimum Gasteiger partial charge on any atom is -0.481 e. The van der Waals surface area contributed by atoms with Gasteiger partial charge in [-0.2, -0.15) is 0 Å². The van der Waals surface area contributed by atoms with Crippen LogP contribution in [0.3, 0.4) is 0 Å². The fourth-order valence-corrected chi connectivity index (χ4v) is 3.55. The monoisotopic (exact) mass is 295 g/mol. The van der Waals surface area contributed by atoms with Crippen molar-refractivity contribution in [2.24, 2.45) is 10.8 Å². The molecule has 1 N–H and O–H groups in total. The molecule has 2 fully saturated rings. The average molecular weight is 295 g/mol. The Morgan fingerprint density at radius 2 is 1.71 bits per heavy atom. The molecule has 2 rings (SSSR count). The van der Waals surface area contributed by atoms with E-state index in [4.69, 9.17) is 0 Å². The van der Waals surface area contributed by atoms with Gasteiger partial charge in [0, 0.05) is 19.4 Å². The van der Waals surface area contributed by atoms with Crippen LogP contribution in [0.2, 0.25) is 0 Å². The molecule has 0 bridgehead atoms. The quantitative estimate of drug-likeness (QED) is 0.809. The first-order valence-electron chi connectivity index (χ1n) is 7.88. The summed E-state index contributed by atoms with van der Waals surface area (Å²) in [4.78, 5) is 37.4. The number of rotatable bonds is 4. The van der Waals surface area contributed by atoms with Gasteiger partial charge in [-0.1, -0.05) is 26.2 Å². The number of carboxylic acid groups (broad SMARTS) is 1. The van der Waals surface area contributed by atoms with Gasteiger partial charge in [0.05, 0.1) is 5.41 Å². The smallest absolute Gasteiger partial charge is 0.311 e. The van der Waals surface area contributed by atoms with Gasteiger partial charge in [0.1, 0.15) is 0 Å². The maximum Gasteiger partial charge on any atom is 0.311 e. The number of hydrogen-bond acceptors (Lipinski definition) is 3. The Hall–Kier alpha value is -1.39. The lowest BCUT2D eigenvalue weighted by Crippen LogP contribution is -2.53. The molecule has 118 valence electrons. The fraction of sp³-hybridized carbons (Fsp3) is 0.812. The number of piperidine rings is 1. The molecular formula is C16H25NO4. The van der Waals surface area contributed by atoms with E-state index in [9.17, 15) is 19.5 Å². The second kappa shape index (κ2) is 5.78. The van der Waals surface area contributed by atoms with E-state index in [1.165, 1.54) is 11.3 Å². The van der Waals surface area contributed by atoms with E-state index in [0.29, 0.717) is 19.3 Å². The summed E-state index contributed by atoms with van der Waals surface area (Å²) >= 11 is 0. The summed E-state index contributed by atoms with van der Waals surface area (Å²) in [5, 5.41) is 9.33. The number of carboxylic acids is 1. The molecule has 1 heterocycles. The SMILES string of the molecule is CCC(C)(CN1C(=O)CC2(CCCCC2)CC1=O)C(=O)O. The van der Waals surface area contributed by atoms with E-state index < -0.39 is 11.4 Å². The normalized spacial score (nSPS) is 25.0. The number of imide groups is 1. The van der Waals surface area contributed by atoms with Gasteiger partial charge in [-0.3, -0.25) is 19.3 Å². The number of amides is 2. The molecule has 1 aliphatic carbocycles. The van der Waals surface area contributed by atoms with Gasteiger partial charge < -0.3 is 5.11 Å². The van der Waals surface area contributed by atoms with Crippen LogP contribution >= 0.6 is 0 Å². The Morgan fingerprint density at radius 1 is 1.19 bits per heavy atom. The minimum absolute atomic E-state index is 0.00736. The molecule has 1 aliphatic heterocycles. The van der Waals surface area contributed by atoms with Gasteiger partial charge >= 0.3 is 5.97 Å². The third kappa shape index (κ3) is 3.11. The highest BCUT2D eigenvalue weighted by Crippen LogP contribution is 2.45. The van der Waals surface area contributed by atoms with Crippen molar-refractivity contribution in [3.8, 4) is 0 Å². The van der Waals surface area contributed by atoms with Gasteiger partial charge in [-0.05, 0) is 31.6 Å². The summed E-state index contributed by atoms with van der Waals surface area (Å²) in [7, 11) is 0. The maximum atomic E-state index is 12.4. The molecule has 2 aliphatic rings. The summed E-state index contributed by atoms with van der Waals surface area (Å²) in [6.45, 7) is 3.36. The third-order valence-corrected chi connectivity index (χ3v) is 5.37. The van der Waals surface area contributed by atoms with Crippen LogP contribution in [-0.2, 0) is 14.4 Å². The maximum absolute atomic E-state index is 12.4. The number of nitrogens with zero attached hydrogens (tertiary/aromatic N) is 1. The molecule has 1 saturated heterocycles. The molecule has 1 unspecified atom stereocenters. The second-order valence-electron chi connectivity index (χ2n) is 7.01. The summed E-state index contributed by atoms with van der Waals surface area (Å²) in [5.41, 5.74) is -1.20. The highest BCUT2D eigenvalue weighted by atomic mass is 16.4. The predicted octanol–water partition coefficient (Wildman–Crippen LogP) is 2.59. The zero-order valence-electron chi connectivity index (χ0n) is 13.0. The summed E-state index contributed by atoms with van der Waals surface area (Å²) in [6.07, 6.45) is 6.44. The number of hydrogen-bond donors (Lipinski definition) is 1. The van der Waals surface area contributed by atoms with Crippen molar-refractivity contribution in [2.45, 2.75) is 65.2 Å². The van der Waals surface area contributed by atoms with Crippen LogP contribution in [-0.4, -0.2) is 34.3 Å². The molecule has 0 aromatic rings. The van der Waals surface area contributed by atoms with Gasteiger partial charge in [-0.15, -0.1) is 0 Å². The van der Waals surface area contributed by atoms with Crippen molar-refractivity contribution >= 4 is 17.8 Å². The molecule has 0 aromatic heterocycles. The lowest BCUT2D eigenvalue weighted by molar-refractivity contribution is -0.160. The summed E-state index contributed by atoms with van der Waals surface area (Å²) in [5.74, 6) is -1.33. The Labute approximate surface area is 125 Å². The molecule has 1 atom stereocenters. The minimum atomic E-state index is -1.05. The molecule has 5 nitrogen and oxygen atoms in total. The predicted molar refractivity (Wildman–Crippen MR) is 77.5 cm³/mol. The highest BCUT2D eigenvalue weighted by Gasteiger charge is 2.46. The van der Waals surface area contributed by atoms with Gasteiger partial charge in [-0.25, -0.2) is 0 Å². The first kappa shape index (κ1) is 16.0. The van der Waals surface area contributed by atoms with Crippen LogP contribution in [0, 0.1) is 10.8 Å². The number of carbonyl (C=O) groups is 3. The molecule has 0 aromatic carbocycles. The first-order chi connectivity index (χ1) is 9.82. The molecule has 1 saturated carbocycles. The topological polar surface area (TPSA) is 74.7 Å². The molecule has 0 radical (unpaired) electrons. The Morgan fingerprint density at radius 3 is 2.14 bits per heavy atom. The van der Waals surface area contributed by atoms with Crippen LogP contribution in [0.1, 0.15) is 65.2 Å². The first-order valence-corrected chi connectivity index (χ1v) is 7.88. The fourth-order valence-electron chi connectivity index (χ4n) is 3.55. The molecule has 2 amide bonds. The van der Waals surface area contributed by atoms with E-state index in [0.717, 1.165) is 25.7 Å². The van der Waals surface area contributed by atoms with Gasteiger partial charge in [0.25, 0.3) is 0 Å². The number of likely N-dealkylation sites (tertiary alicyclic amines) is 1. The second-order valence-corrected chi connectivity index (χ2v) is 7.01. The number of carbonyl (C=O) groups excluding carboxylic acids is 2. The van der Waals surface area contributed by atoms with Gasteiger partial charge in [0.2, 0.25) is 11.8 Å². The summed E-state index contributed by atoms with van der Waals surface area (Å²) in [6, 6.07) is 0. The average Bonchev–Trinajstić information content (AvgIpc) is 2.43. The molecule has 1 spiro atoms. The van der Waals surface area contributed by atoms with Crippen LogP contribution in [0.25, 0.3) is 0 Å². The Bertz CT molecular complexity index is 433. The van der Waals surface area contributed by atoms with Crippen molar-refractivity contribution < 1.29 is 19.5 Å². The number of aliphatic carboxylic acids is 1. The Balaban J connectivity index is 2.12. The van der Waals surface area contributed by atoms with E-state index in [1.807, 2.05) is 0 Å². The van der Waals surface area contributed by atoms with E-state index in [-0.39, 0.29) is 23.8 Å². The lowest BCUT2D eigenvalue weighted by atomic mass is 9.67. The molecular weight excluding hydrogens is 270 g/mol. The van der Waals surface area contributed by atoms with Gasteiger partial charge in [0.15, 0.2) is 0 Å². The molecule has 5 heteroatoms. The van der Waals surface area contributed by atoms with E-state index in [2.05, 4.69) is 0 Å². The van der Waals surface area contributed by atoms with Crippen molar-refractivity contribution in [3.63, 3.8) is 0 Å². The highest BCUT2D eigenvalue weighted by molar-refractivity contribution is 5.99. The van der Waals surface area contributed by atoms with Crippen molar-refractivity contribution in [1.82, 2.24) is 4.90 Å². The summed E-state index contributed by atoms with van der Waals surface area (Å²) < 4.78 is 0. The standard InChI is InChI=1S/C16H25NO4/c1-3-15(2,14(20)21)11-17-12(18)9-16(10-13(17)19)7-5-4-6-8-16/h3-11H2,1-2H3,(H,20,21). The van der Waals surface area contributed by atoms with Crippen molar-refractivity contribution in [3.05, 3.63) is 0 Å². The zero-order chi connectivity index (χ0) is 15.7. The van der Waals surface area contributed by atoms with E-state index >= 15 is 0 Å². The van der Waals surface area contributed by atoms with Crippen LogP contribution in [0.4, 0.5) is 0 Å². The van der Waals surface area contributed by atoms with Crippen molar-refractivity contribution in [2.75, 3.05) is 6.54 Å². The third-order valence-electron chi connectivity index (χ3n) is 5.37. The largest absolute Gasteiger partial charge is 0.481 e. The van der Waals surface area contributed by atoms with Crippen LogP contribution in [0.5, 0.6) is 0 Å². The zero-order valence-corrected chi connectivity index (χ0v) is 13.0. The van der Waals surface area contributed by atoms with Crippen LogP contribution < -0.4 is 0 Å². The van der Waals surface area contributed by atoms with Crippen LogP contribution in [0.15, 0.2) is 0 Å². The molecule has 21 heavy (non-hydrogen) atoms. The van der Waals surface area contributed by atoms with Crippen molar-refractivity contribution in [1.29, 1.82) is 0 Å². The Kier molecular flexibility index (Phi) is 4.40. The van der Waals surface area contributed by atoms with E-state index in [1.54, 1.807) is 13.8 Å².